The van der Waals surface area contributed by atoms with Crippen molar-refractivity contribution >= 4 is 82.1 Å². The minimum atomic E-state index is 0.500. The molecule has 0 aliphatic heterocycles. The lowest BCUT2D eigenvalue weighted by Gasteiger charge is -2.13. The molecular formula is C62H44N2O. The predicted molar refractivity (Wildman–Crippen MR) is 276 cm³/mol. The molecule has 3 nitrogen and oxygen atoms in total. The molecule has 1 aromatic heterocycles. The Morgan fingerprint density at radius 2 is 1.12 bits per heavy atom. The van der Waals surface area contributed by atoms with E-state index in [4.69, 9.17) is 14.4 Å². The molecule has 308 valence electrons. The second kappa shape index (κ2) is 16.2. The molecule has 10 aromatic carbocycles. The largest absolute Gasteiger partial charge is 0.455 e. The molecule has 0 N–H and O–H groups in total. The second-order valence-electron chi connectivity index (χ2n) is 17.1. The fourth-order valence-corrected chi connectivity index (χ4v) is 9.92. The fraction of sp³-hybridized carbons (Fsp3) is 0.0645. The van der Waals surface area contributed by atoms with Gasteiger partial charge < -0.3 is 4.42 Å². The van der Waals surface area contributed by atoms with E-state index in [0.29, 0.717) is 6.54 Å². The van der Waals surface area contributed by atoms with Gasteiger partial charge in [-0.05, 0) is 126 Å². The van der Waals surface area contributed by atoms with Crippen LogP contribution in [0.2, 0.25) is 0 Å². The molecule has 0 amide bonds. The second-order valence-corrected chi connectivity index (χ2v) is 17.1. The van der Waals surface area contributed by atoms with Crippen molar-refractivity contribution in [3.63, 3.8) is 0 Å². The van der Waals surface area contributed by atoms with Gasteiger partial charge in [-0.25, -0.2) is 4.99 Å². The molecule has 1 aliphatic carbocycles. The smallest absolute Gasteiger partial charge is 0.155 e. The van der Waals surface area contributed by atoms with Gasteiger partial charge in [0.2, 0.25) is 0 Å². The zero-order chi connectivity index (χ0) is 43.3. The quantitative estimate of drug-likeness (QED) is 0.0895. The van der Waals surface area contributed by atoms with Crippen LogP contribution in [-0.2, 0) is 6.54 Å². The molecule has 12 rings (SSSR count). The molecule has 0 atom stereocenters. The maximum Gasteiger partial charge on any atom is 0.155 e. The Kier molecular flexibility index (Phi) is 9.60. The Morgan fingerprint density at radius 1 is 0.477 bits per heavy atom. The van der Waals surface area contributed by atoms with Crippen molar-refractivity contribution in [2.75, 3.05) is 0 Å². The molecule has 0 unspecified atom stereocenters. The summed E-state index contributed by atoms with van der Waals surface area (Å²) in [6.45, 7) is 2.56. The Morgan fingerprint density at radius 3 is 1.86 bits per heavy atom. The third kappa shape index (κ3) is 6.93. The first-order valence-electron chi connectivity index (χ1n) is 22.6. The lowest BCUT2D eigenvalue weighted by atomic mass is 9.90. The van der Waals surface area contributed by atoms with Gasteiger partial charge in [-0.1, -0.05) is 188 Å². The average molecular weight is 833 g/mol. The van der Waals surface area contributed by atoms with Gasteiger partial charge in [-0.15, -0.1) is 0 Å². The number of hydrogen-bond donors (Lipinski definition) is 0. The highest BCUT2D eigenvalue weighted by molar-refractivity contribution is 6.27. The van der Waals surface area contributed by atoms with Gasteiger partial charge in [0.1, 0.15) is 11.2 Å². The normalized spacial score (nSPS) is 13.5. The van der Waals surface area contributed by atoms with E-state index in [9.17, 15) is 0 Å². The van der Waals surface area contributed by atoms with Gasteiger partial charge in [0.15, 0.2) is 5.84 Å². The van der Waals surface area contributed by atoms with Crippen LogP contribution in [0.4, 0.5) is 0 Å². The third-order valence-corrected chi connectivity index (χ3v) is 13.1. The van der Waals surface area contributed by atoms with E-state index in [-0.39, 0.29) is 0 Å². The van der Waals surface area contributed by atoms with Crippen LogP contribution in [0.25, 0.3) is 92.9 Å². The number of nitrogens with zero attached hydrogens (tertiary/aromatic N) is 2. The molecule has 3 heteroatoms. The first-order valence-corrected chi connectivity index (χ1v) is 22.6. The lowest BCUT2D eigenvalue weighted by molar-refractivity contribution is 0.673. The van der Waals surface area contributed by atoms with Crippen molar-refractivity contribution in [3.05, 3.63) is 235 Å². The van der Waals surface area contributed by atoms with Crippen molar-refractivity contribution in [1.82, 2.24) is 0 Å². The van der Waals surface area contributed by atoms with Crippen molar-refractivity contribution in [1.29, 1.82) is 0 Å². The highest BCUT2D eigenvalue weighted by atomic mass is 16.3. The van der Waals surface area contributed by atoms with Crippen LogP contribution in [0, 0.1) is 0 Å². The van der Waals surface area contributed by atoms with Crippen LogP contribution < -0.4 is 0 Å². The molecule has 0 bridgehead atoms. The van der Waals surface area contributed by atoms with E-state index in [1.807, 2.05) is 6.07 Å². The summed E-state index contributed by atoms with van der Waals surface area (Å²) < 4.78 is 6.81. The van der Waals surface area contributed by atoms with Crippen LogP contribution in [0.5, 0.6) is 0 Å². The number of benzene rings is 10. The lowest BCUT2D eigenvalue weighted by Crippen LogP contribution is -2.05. The number of allylic oxidation sites excluding steroid dienone is 4. The first kappa shape index (κ1) is 38.5. The minimum absolute atomic E-state index is 0.500. The minimum Gasteiger partial charge on any atom is -0.455 e. The van der Waals surface area contributed by atoms with Gasteiger partial charge in [-0.3, -0.25) is 4.99 Å². The van der Waals surface area contributed by atoms with Crippen molar-refractivity contribution in [2.45, 2.75) is 26.3 Å². The standard InChI is InChI=1S/C62H44N2O/c1-40(42-16-4-2-5-17-42)64-62(47-21-14-20-45(36-47)43-18-6-3-7-19-43)63-39-41-30-32-44(33-31-41)56-38-58-60-48(28-15-29-59(60)65-61(58)55-27-13-12-26-53(55)56)46-34-35-54-51-24-9-8-22-49(51)50-23-10-11-25-52(50)57(54)37-46/h2,4-6,8-38H,3,7,39H2,1H3/b63-62-,64-40+. The van der Waals surface area contributed by atoms with E-state index in [1.54, 1.807) is 0 Å². The molecular weight excluding hydrogens is 789 g/mol. The van der Waals surface area contributed by atoms with Crippen LogP contribution >= 0.6 is 0 Å². The molecule has 65 heavy (non-hydrogen) atoms. The number of rotatable bonds is 7. The van der Waals surface area contributed by atoms with Gasteiger partial charge in [-0.2, -0.15) is 0 Å². The monoisotopic (exact) mass is 832 g/mol. The molecule has 0 saturated carbocycles. The van der Waals surface area contributed by atoms with E-state index in [2.05, 4.69) is 213 Å². The summed E-state index contributed by atoms with van der Waals surface area (Å²) in [5.74, 6) is 0.727. The maximum atomic E-state index is 6.81. The molecule has 0 radical (unpaired) electrons. The van der Waals surface area contributed by atoms with E-state index in [1.165, 1.54) is 54.6 Å². The van der Waals surface area contributed by atoms with Crippen molar-refractivity contribution < 1.29 is 4.42 Å². The summed E-state index contributed by atoms with van der Waals surface area (Å²) in [7, 11) is 0. The summed E-state index contributed by atoms with van der Waals surface area (Å²) in [5.41, 5.74) is 13.0. The third-order valence-electron chi connectivity index (χ3n) is 13.1. The van der Waals surface area contributed by atoms with E-state index >= 15 is 0 Å². The van der Waals surface area contributed by atoms with Crippen LogP contribution in [0.1, 0.15) is 42.0 Å². The molecule has 1 heterocycles. The highest BCUT2D eigenvalue weighted by Gasteiger charge is 2.19. The Hall–Kier alpha value is -8.14. The van der Waals surface area contributed by atoms with Crippen LogP contribution in [-0.4, -0.2) is 11.5 Å². The Labute approximate surface area is 378 Å². The van der Waals surface area contributed by atoms with Crippen LogP contribution in [0.3, 0.4) is 0 Å². The van der Waals surface area contributed by atoms with Gasteiger partial charge in [0.05, 0.1) is 6.54 Å². The summed E-state index contributed by atoms with van der Waals surface area (Å²) in [4.78, 5) is 10.4. The number of aliphatic imine (C=N–C) groups is 2. The zero-order valence-electron chi connectivity index (χ0n) is 36.1. The van der Waals surface area contributed by atoms with Gasteiger partial charge in [0.25, 0.3) is 0 Å². The number of fused-ring (bicyclic) bond motifs is 11. The molecule has 0 spiro atoms. The first-order chi connectivity index (χ1) is 32.1. The van der Waals surface area contributed by atoms with E-state index < -0.39 is 0 Å². The maximum absolute atomic E-state index is 6.81. The number of hydrogen-bond acceptors (Lipinski definition) is 2. The molecule has 11 aromatic rings. The van der Waals surface area contributed by atoms with Gasteiger partial charge >= 0.3 is 0 Å². The summed E-state index contributed by atoms with van der Waals surface area (Å²) in [6, 6.07) is 69.8. The molecule has 0 fully saturated rings. The number of furan rings is 1. The van der Waals surface area contributed by atoms with Crippen LogP contribution in [0.15, 0.2) is 227 Å². The zero-order valence-corrected chi connectivity index (χ0v) is 36.1. The van der Waals surface area contributed by atoms with E-state index in [0.717, 1.165) is 84.9 Å². The summed E-state index contributed by atoms with van der Waals surface area (Å²) >= 11 is 0. The average Bonchev–Trinajstić information content (AvgIpc) is 3.77. The summed E-state index contributed by atoms with van der Waals surface area (Å²) in [5, 5.41) is 12.1. The van der Waals surface area contributed by atoms with Gasteiger partial charge in [0, 0.05) is 27.4 Å². The van der Waals surface area contributed by atoms with Crippen molar-refractivity contribution in [3.8, 4) is 22.3 Å². The summed E-state index contributed by atoms with van der Waals surface area (Å²) in [6.07, 6.45) is 8.94. The number of amidine groups is 1. The Bertz CT molecular complexity index is 3750. The predicted octanol–water partition coefficient (Wildman–Crippen LogP) is 16.7. The van der Waals surface area contributed by atoms with Crippen molar-refractivity contribution in [2.24, 2.45) is 9.98 Å². The highest BCUT2D eigenvalue weighted by Crippen LogP contribution is 2.44. The molecule has 1 aliphatic rings. The SMILES string of the molecule is C/C(=N\C(=N/Cc1ccc(-c2cc3c(oc4cccc(-c5ccc6c7ccccc7c7ccccc7c6c5)c43)c3ccccc23)cc1)c1cccc(C2=CCCC=C2)c1)c1ccccc1. The fourth-order valence-electron chi connectivity index (χ4n) is 9.92. The topological polar surface area (TPSA) is 37.9 Å². The molecule has 0 saturated heterocycles. The Balaban J connectivity index is 0.945.